The maximum atomic E-state index is 13.1. The van der Waals surface area contributed by atoms with Gasteiger partial charge in [0.15, 0.2) is 0 Å². The third-order valence-electron chi connectivity index (χ3n) is 5.23. The van der Waals surface area contributed by atoms with Crippen molar-refractivity contribution in [2.45, 2.75) is 39.8 Å². The topological polar surface area (TPSA) is 52.2 Å². The second-order valence-electron chi connectivity index (χ2n) is 7.32. The lowest BCUT2D eigenvalue weighted by molar-refractivity contribution is 0.121. The van der Waals surface area contributed by atoms with Gasteiger partial charge in [0, 0.05) is 29.4 Å². The second-order valence-corrected chi connectivity index (χ2v) is 7.32. The van der Waals surface area contributed by atoms with Gasteiger partial charge in [0.1, 0.15) is 0 Å². The van der Waals surface area contributed by atoms with Gasteiger partial charge in [-0.1, -0.05) is 32.0 Å². The van der Waals surface area contributed by atoms with Crippen LogP contribution in [0.2, 0.25) is 0 Å². The number of hydrogen-bond acceptors (Lipinski definition) is 2. The highest BCUT2D eigenvalue weighted by molar-refractivity contribution is 5.96. The molecule has 0 spiro atoms. The van der Waals surface area contributed by atoms with Crippen molar-refractivity contribution in [3.63, 3.8) is 0 Å². The first-order chi connectivity index (χ1) is 11.0. The van der Waals surface area contributed by atoms with Crippen LogP contribution in [0.5, 0.6) is 0 Å². The highest BCUT2D eigenvalue weighted by Gasteiger charge is 2.49. The van der Waals surface area contributed by atoms with Gasteiger partial charge in [0.25, 0.3) is 0 Å². The fourth-order valence-corrected chi connectivity index (χ4v) is 3.92. The Balaban J connectivity index is 0.00000169. The summed E-state index contributed by atoms with van der Waals surface area (Å²) in [6, 6.07) is 8.61. The number of para-hydroxylation sites is 1. The number of rotatable bonds is 2. The van der Waals surface area contributed by atoms with E-state index in [1.807, 2.05) is 22.8 Å². The van der Waals surface area contributed by atoms with Crippen molar-refractivity contribution in [3.8, 4) is 0 Å². The molecule has 3 heterocycles. The van der Waals surface area contributed by atoms with Crippen LogP contribution in [0.25, 0.3) is 0 Å². The molecular weight excluding hydrogens is 324 g/mol. The van der Waals surface area contributed by atoms with E-state index < -0.39 is 0 Å². The number of benzene rings is 1. The molecule has 0 radical (unpaired) electrons. The van der Waals surface area contributed by atoms with Gasteiger partial charge >= 0.3 is 6.03 Å². The summed E-state index contributed by atoms with van der Waals surface area (Å²) in [5.41, 5.74) is 4.35. The van der Waals surface area contributed by atoms with Crippen LogP contribution >= 0.6 is 12.4 Å². The number of imidazole rings is 1. The van der Waals surface area contributed by atoms with Crippen molar-refractivity contribution in [1.82, 2.24) is 14.9 Å². The Hall–Kier alpha value is -2.01. The first-order valence-corrected chi connectivity index (χ1v) is 8.12. The number of aryl methyl sites for hydroxylation is 1. The van der Waals surface area contributed by atoms with Crippen LogP contribution < -0.4 is 4.90 Å². The van der Waals surface area contributed by atoms with E-state index in [4.69, 9.17) is 0 Å². The Morgan fingerprint density at radius 3 is 2.79 bits per heavy atom. The number of aromatic amines is 1. The van der Waals surface area contributed by atoms with E-state index in [1.165, 1.54) is 5.56 Å². The molecule has 2 aliphatic heterocycles. The van der Waals surface area contributed by atoms with Crippen molar-refractivity contribution in [1.29, 1.82) is 0 Å². The molecule has 2 aromatic rings. The molecular formula is C18H23ClN4O. The van der Waals surface area contributed by atoms with Crippen LogP contribution in [-0.2, 0) is 13.0 Å². The van der Waals surface area contributed by atoms with Crippen molar-refractivity contribution in [3.05, 3.63) is 47.5 Å². The van der Waals surface area contributed by atoms with Crippen LogP contribution in [0.15, 0.2) is 30.6 Å². The summed E-state index contributed by atoms with van der Waals surface area (Å²) in [6.07, 6.45) is 2.64. The molecule has 1 atom stereocenters. The molecule has 0 bridgehead atoms. The fraction of sp³-hybridized carbons (Fsp3) is 0.444. The van der Waals surface area contributed by atoms with E-state index in [2.05, 4.69) is 42.0 Å². The van der Waals surface area contributed by atoms with Crippen LogP contribution in [-0.4, -0.2) is 33.5 Å². The maximum absolute atomic E-state index is 13.1. The highest BCUT2D eigenvalue weighted by Crippen LogP contribution is 2.44. The molecule has 1 unspecified atom stereocenters. The second kappa shape index (κ2) is 5.81. The Morgan fingerprint density at radius 2 is 2.08 bits per heavy atom. The third kappa shape index (κ3) is 2.47. The van der Waals surface area contributed by atoms with Gasteiger partial charge in [-0.05, 0) is 25.0 Å². The Morgan fingerprint density at radius 1 is 1.33 bits per heavy atom. The minimum atomic E-state index is 0. The number of nitrogens with zero attached hydrogens (tertiary/aromatic N) is 3. The number of anilines is 1. The van der Waals surface area contributed by atoms with Crippen LogP contribution in [0, 0.1) is 12.3 Å². The number of urea groups is 1. The molecule has 24 heavy (non-hydrogen) atoms. The summed E-state index contributed by atoms with van der Waals surface area (Å²) in [5, 5.41) is 0. The van der Waals surface area contributed by atoms with Crippen LogP contribution in [0.3, 0.4) is 0 Å². The molecule has 1 aromatic heterocycles. The van der Waals surface area contributed by atoms with Crippen molar-refractivity contribution in [2.75, 3.05) is 11.4 Å². The van der Waals surface area contributed by atoms with E-state index >= 15 is 0 Å². The molecule has 6 heteroatoms. The molecule has 1 aromatic carbocycles. The normalized spacial score (nSPS) is 21.3. The molecule has 0 aliphatic carbocycles. The number of carbonyl (C=O) groups is 1. The molecule has 128 valence electrons. The zero-order chi connectivity index (χ0) is 16.2. The van der Waals surface area contributed by atoms with Gasteiger partial charge in [-0.3, -0.25) is 4.90 Å². The highest BCUT2D eigenvalue weighted by atomic mass is 35.5. The van der Waals surface area contributed by atoms with E-state index in [-0.39, 0.29) is 29.9 Å². The molecule has 1 N–H and O–H groups in total. The lowest BCUT2D eigenvalue weighted by atomic mass is 9.80. The predicted molar refractivity (Wildman–Crippen MR) is 96.6 cm³/mol. The predicted octanol–water partition coefficient (Wildman–Crippen LogP) is 3.53. The van der Waals surface area contributed by atoms with Crippen LogP contribution in [0.4, 0.5) is 10.5 Å². The standard InChI is InChI=1S/C18H22N4O.ClH/c1-12-14(20-11-19-12)9-21-10-18(2,3)16-8-13-6-4-5-7-15(13)22(16)17(21)23;/h4-7,11,16H,8-10H2,1-3H3,(H,19,20);1H. The average Bonchev–Trinajstić information content (AvgIpc) is 3.09. The summed E-state index contributed by atoms with van der Waals surface area (Å²) in [7, 11) is 0. The molecule has 2 aliphatic rings. The number of hydrogen-bond donors (Lipinski definition) is 1. The van der Waals surface area contributed by atoms with Gasteiger partial charge in [-0.2, -0.15) is 0 Å². The summed E-state index contributed by atoms with van der Waals surface area (Å²) in [4.78, 5) is 24.5. The summed E-state index contributed by atoms with van der Waals surface area (Å²) < 4.78 is 0. The molecule has 1 fully saturated rings. The number of halogens is 1. The molecule has 2 amide bonds. The van der Waals surface area contributed by atoms with Gasteiger partial charge in [0.05, 0.1) is 18.6 Å². The van der Waals surface area contributed by atoms with Crippen molar-refractivity contribution >= 4 is 24.1 Å². The molecule has 0 saturated carbocycles. The summed E-state index contributed by atoms with van der Waals surface area (Å²) in [6.45, 7) is 7.83. The summed E-state index contributed by atoms with van der Waals surface area (Å²) in [5.74, 6) is 0. The van der Waals surface area contributed by atoms with Gasteiger partial charge in [-0.15, -0.1) is 12.4 Å². The van der Waals surface area contributed by atoms with Crippen molar-refractivity contribution in [2.24, 2.45) is 5.41 Å². The molecule has 5 nitrogen and oxygen atoms in total. The monoisotopic (exact) mass is 346 g/mol. The number of H-pyrrole nitrogens is 1. The van der Waals surface area contributed by atoms with Gasteiger partial charge in [-0.25, -0.2) is 9.78 Å². The fourth-order valence-electron chi connectivity index (χ4n) is 3.92. The smallest absolute Gasteiger partial charge is 0.325 e. The van der Waals surface area contributed by atoms with Gasteiger partial charge in [0.2, 0.25) is 0 Å². The first kappa shape index (κ1) is 16.8. The van der Waals surface area contributed by atoms with Gasteiger partial charge < -0.3 is 9.88 Å². The first-order valence-electron chi connectivity index (χ1n) is 8.12. The number of aromatic nitrogens is 2. The number of nitrogens with one attached hydrogen (secondary N) is 1. The maximum Gasteiger partial charge on any atom is 0.325 e. The Labute approximate surface area is 148 Å². The van der Waals surface area contributed by atoms with E-state index in [9.17, 15) is 4.79 Å². The quantitative estimate of drug-likeness (QED) is 0.904. The molecule has 1 saturated heterocycles. The Bertz CT molecular complexity index is 770. The average molecular weight is 347 g/mol. The zero-order valence-electron chi connectivity index (χ0n) is 14.2. The van der Waals surface area contributed by atoms with E-state index in [0.717, 1.165) is 30.0 Å². The Kier molecular flexibility index (Phi) is 4.08. The number of carbonyl (C=O) groups excluding carboxylic acids is 1. The zero-order valence-corrected chi connectivity index (χ0v) is 15.1. The van der Waals surface area contributed by atoms with E-state index in [1.54, 1.807) is 6.33 Å². The minimum Gasteiger partial charge on any atom is -0.348 e. The summed E-state index contributed by atoms with van der Waals surface area (Å²) >= 11 is 0. The lowest BCUT2D eigenvalue weighted by Gasteiger charge is -2.47. The third-order valence-corrected chi connectivity index (χ3v) is 5.23. The lowest BCUT2D eigenvalue weighted by Crippen LogP contribution is -2.61. The largest absolute Gasteiger partial charge is 0.348 e. The van der Waals surface area contributed by atoms with Crippen LogP contribution in [0.1, 0.15) is 30.8 Å². The minimum absolute atomic E-state index is 0. The number of amides is 2. The SMILES string of the molecule is Cc1[nH]cnc1CN1CC(C)(C)C2Cc3ccccc3N2C1=O.Cl. The molecule has 4 rings (SSSR count). The van der Waals surface area contributed by atoms with Crippen molar-refractivity contribution < 1.29 is 4.79 Å². The van der Waals surface area contributed by atoms with E-state index in [0.29, 0.717) is 6.54 Å². The number of fused-ring (bicyclic) bond motifs is 3.